The van der Waals surface area contributed by atoms with Gasteiger partial charge in [0, 0.05) is 25.6 Å². The molecule has 0 amide bonds. The van der Waals surface area contributed by atoms with Crippen molar-refractivity contribution in [3.05, 3.63) is 84.1 Å². The number of benzene rings is 2. The fourth-order valence-electron chi connectivity index (χ4n) is 6.15. The fraction of sp³-hybridized carbons (Fsp3) is 0.471. The molecule has 2 aliphatic heterocycles. The van der Waals surface area contributed by atoms with E-state index in [4.69, 9.17) is 13.9 Å². The van der Waals surface area contributed by atoms with Crippen LogP contribution < -0.4 is 15.7 Å². The van der Waals surface area contributed by atoms with Crippen molar-refractivity contribution in [2.75, 3.05) is 6.61 Å². The molecule has 220 valence electrons. The highest BCUT2D eigenvalue weighted by Crippen LogP contribution is 2.37. The molecule has 2 atom stereocenters. The average Bonchev–Trinajstić information content (AvgIpc) is 2.89. The first-order valence-corrected chi connectivity index (χ1v) is 16.7. The minimum atomic E-state index is -2.54. The third kappa shape index (κ3) is 7.19. The number of unbranched alkanes of at least 4 members (excludes halogenated alkanes) is 1. The van der Waals surface area contributed by atoms with Gasteiger partial charge in [0.1, 0.15) is 0 Å². The van der Waals surface area contributed by atoms with E-state index in [0.29, 0.717) is 24.6 Å². The van der Waals surface area contributed by atoms with Gasteiger partial charge in [-0.05, 0) is 53.4 Å². The van der Waals surface area contributed by atoms with Gasteiger partial charge >= 0.3 is 11.9 Å². The highest BCUT2D eigenvalue weighted by molar-refractivity contribution is 6.99. The van der Waals surface area contributed by atoms with E-state index >= 15 is 0 Å². The van der Waals surface area contributed by atoms with Crippen LogP contribution in [0, 0.1) is 5.92 Å². The number of esters is 2. The molecule has 0 aliphatic carbocycles. The summed E-state index contributed by atoms with van der Waals surface area (Å²) in [6.45, 7) is 12.7. The first-order chi connectivity index (χ1) is 19.4. The first kappa shape index (κ1) is 30.8. The molecule has 2 saturated heterocycles. The van der Waals surface area contributed by atoms with E-state index in [1.165, 1.54) is 10.4 Å². The lowest BCUT2D eigenvalue weighted by atomic mass is 9.88. The predicted octanol–water partition coefficient (Wildman–Crippen LogP) is 5.77. The van der Waals surface area contributed by atoms with Crippen molar-refractivity contribution in [1.82, 2.24) is 5.32 Å². The summed E-state index contributed by atoms with van der Waals surface area (Å²) < 4.78 is 17.6. The molecule has 2 aromatic rings. The summed E-state index contributed by atoms with van der Waals surface area (Å²) in [5.74, 6) is -2.09. The minimum Gasteiger partial charge on any atom is -0.419 e. The van der Waals surface area contributed by atoms with Crippen LogP contribution in [0.5, 0.6) is 0 Å². The van der Waals surface area contributed by atoms with Crippen molar-refractivity contribution in [3.8, 4) is 0 Å². The number of ether oxygens (including phenoxy) is 2. The van der Waals surface area contributed by atoms with Crippen LogP contribution in [0.4, 0.5) is 0 Å². The molecule has 0 unspecified atom stereocenters. The quantitative estimate of drug-likeness (QED) is 0.102. The van der Waals surface area contributed by atoms with Crippen molar-refractivity contribution in [1.29, 1.82) is 0 Å². The Bertz CT molecular complexity index is 1200. The summed E-state index contributed by atoms with van der Waals surface area (Å²) in [6.07, 6.45) is 8.85. The Labute approximate surface area is 246 Å². The Morgan fingerprint density at radius 2 is 1.51 bits per heavy atom. The second kappa shape index (κ2) is 12.8. The van der Waals surface area contributed by atoms with Crippen LogP contribution in [0.15, 0.2) is 84.1 Å². The van der Waals surface area contributed by atoms with Crippen molar-refractivity contribution in [2.24, 2.45) is 5.92 Å². The molecule has 1 N–H and O–H groups in total. The summed E-state index contributed by atoms with van der Waals surface area (Å²) in [5, 5.41) is 5.96. The van der Waals surface area contributed by atoms with E-state index in [-0.39, 0.29) is 16.7 Å². The lowest BCUT2D eigenvalue weighted by Gasteiger charge is -2.42. The standard InChI is InChI=1S/C34H45NO5Si/c1-25-23-26(35-29(24-25)30-31(36)39-34(5,6)40-32(30)37)17-11-7-8-16-22-38-41(33(2,3)4,27-18-12-9-13-19-27)28-20-14-10-15-21-28/h8-10,12-16,18-21,25-26,35H,7,11,17,22-24H2,1-6H3/b16-8-/t25-,26+/m0/s1. The highest BCUT2D eigenvalue weighted by atomic mass is 28.4. The van der Waals surface area contributed by atoms with E-state index in [2.05, 4.69) is 106 Å². The molecule has 0 spiro atoms. The number of nitrogens with one attached hydrogen (secondary N) is 1. The van der Waals surface area contributed by atoms with Crippen molar-refractivity contribution < 1.29 is 23.5 Å². The van der Waals surface area contributed by atoms with Gasteiger partial charge in [-0.3, -0.25) is 0 Å². The molecule has 2 fully saturated rings. The van der Waals surface area contributed by atoms with Crippen molar-refractivity contribution in [2.45, 2.75) is 90.5 Å². The molecule has 2 aliphatic rings. The Kier molecular flexibility index (Phi) is 9.60. The number of carbonyl (C=O) groups is 2. The van der Waals surface area contributed by atoms with E-state index in [1.54, 1.807) is 13.8 Å². The summed E-state index contributed by atoms with van der Waals surface area (Å²) in [4.78, 5) is 25.1. The normalized spacial score (nSPS) is 21.4. The molecule has 0 bridgehead atoms. The van der Waals surface area contributed by atoms with Crippen LogP contribution in [0.25, 0.3) is 0 Å². The molecule has 7 heteroatoms. The molecule has 41 heavy (non-hydrogen) atoms. The van der Waals surface area contributed by atoms with Gasteiger partial charge in [-0.1, -0.05) is 101 Å². The number of hydrogen-bond acceptors (Lipinski definition) is 6. The van der Waals surface area contributed by atoms with E-state index in [0.717, 1.165) is 25.7 Å². The van der Waals surface area contributed by atoms with Gasteiger partial charge in [0.15, 0.2) is 5.57 Å². The van der Waals surface area contributed by atoms with Crippen LogP contribution >= 0.6 is 0 Å². The van der Waals surface area contributed by atoms with Gasteiger partial charge in [-0.2, -0.15) is 0 Å². The van der Waals surface area contributed by atoms with Gasteiger partial charge < -0.3 is 19.2 Å². The van der Waals surface area contributed by atoms with Gasteiger partial charge in [0.2, 0.25) is 0 Å². The number of cyclic esters (lactones) is 2. The van der Waals surface area contributed by atoms with Crippen molar-refractivity contribution >= 4 is 30.6 Å². The zero-order valence-corrected chi connectivity index (χ0v) is 26.4. The zero-order chi connectivity index (χ0) is 29.7. The molecule has 6 nitrogen and oxygen atoms in total. The lowest BCUT2D eigenvalue weighted by molar-refractivity contribution is -0.222. The molecular formula is C34H45NO5Si. The highest BCUT2D eigenvalue weighted by Gasteiger charge is 2.50. The first-order valence-electron chi connectivity index (χ1n) is 14.8. The number of allylic oxidation sites excluding steroid dienone is 2. The predicted molar refractivity (Wildman–Crippen MR) is 165 cm³/mol. The zero-order valence-electron chi connectivity index (χ0n) is 25.4. The maximum absolute atomic E-state index is 12.6. The Balaban J connectivity index is 1.36. The molecular weight excluding hydrogens is 530 g/mol. The molecule has 0 radical (unpaired) electrons. The molecule has 4 rings (SSSR count). The summed E-state index contributed by atoms with van der Waals surface area (Å²) in [5.41, 5.74) is 0.662. The Morgan fingerprint density at radius 3 is 2.05 bits per heavy atom. The van der Waals surface area contributed by atoms with Gasteiger partial charge in [-0.25, -0.2) is 9.59 Å². The minimum absolute atomic E-state index is 0.0150. The van der Waals surface area contributed by atoms with Gasteiger partial charge in [0.05, 0.1) is 6.61 Å². The number of rotatable bonds is 9. The SMILES string of the molecule is C[C@@H]1CC(=C2C(=O)OC(C)(C)OC2=O)N[C@H](CCC/C=C\CO[Si](c2ccccc2)(c2ccccc2)C(C)(C)C)C1. The smallest absolute Gasteiger partial charge is 0.350 e. The molecule has 2 heterocycles. The monoisotopic (exact) mass is 575 g/mol. The molecule has 2 aromatic carbocycles. The molecule has 0 saturated carbocycles. The third-order valence-electron chi connectivity index (χ3n) is 7.91. The van der Waals surface area contributed by atoms with Crippen LogP contribution in [-0.2, 0) is 23.5 Å². The number of carbonyl (C=O) groups excluding carboxylic acids is 2. The van der Waals surface area contributed by atoms with E-state index in [9.17, 15) is 9.59 Å². The summed E-state index contributed by atoms with van der Waals surface area (Å²) >= 11 is 0. The van der Waals surface area contributed by atoms with Crippen LogP contribution in [-0.4, -0.2) is 38.7 Å². The van der Waals surface area contributed by atoms with Gasteiger partial charge in [0.25, 0.3) is 14.1 Å². The number of piperidine rings is 1. The maximum atomic E-state index is 12.6. The largest absolute Gasteiger partial charge is 0.419 e. The fourth-order valence-corrected chi connectivity index (χ4v) is 10.6. The summed E-state index contributed by atoms with van der Waals surface area (Å²) in [6, 6.07) is 21.6. The van der Waals surface area contributed by atoms with E-state index < -0.39 is 26.0 Å². The van der Waals surface area contributed by atoms with Crippen LogP contribution in [0.2, 0.25) is 5.04 Å². The summed E-state index contributed by atoms with van der Waals surface area (Å²) in [7, 11) is -2.54. The van der Waals surface area contributed by atoms with Crippen molar-refractivity contribution in [3.63, 3.8) is 0 Å². The number of hydrogen-bond donors (Lipinski definition) is 1. The Morgan fingerprint density at radius 1 is 0.951 bits per heavy atom. The topological polar surface area (TPSA) is 73.9 Å². The van der Waals surface area contributed by atoms with Gasteiger partial charge in [-0.15, -0.1) is 0 Å². The second-order valence-electron chi connectivity index (χ2n) is 12.8. The van der Waals surface area contributed by atoms with Crippen LogP contribution in [0.3, 0.4) is 0 Å². The average molecular weight is 576 g/mol. The maximum Gasteiger partial charge on any atom is 0.350 e. The Hall–Kier alpha value is -3.16. The van der Waals surface area contributed by atoms with E-state index in [1.807, 2.05) is 0 Å². The van der Waals surface area contributed by atoms with Crippen LogP contribution in [0.1, 0.15) is 73.6 Å². The lowest BCUT2D eigenvalue weighted by Crippen LogP contribution is -2.66. The third-order valence-corrected chi connectivity index (χ3v) is 12.9. The second-order valence-corrected chi connectivity index (χ2v) is 17.1. The molecule has 0 aromatic heterocycles.